The van der Waals surface area contributed by atoms with Crippen LogP contribution in [0.2, 0.25) is 0 Å². The van der Waals surface area contributed by atoms with Crippen molar-refractivity contribution in [2.45, 2.75) is 32.5 Å². The predicted molar refractivity (Wildman–Crippen MR) is 119 cm³/mol. The van der Waals surface area contributed by atoms with Crippen molar-refractivity contribution < 1.29 is 27.3 Å². The van der Waals surface area contributed by atoms with Crippen molar-refractivity contribution in [1.29, 1.82) is 0 Å². The van der Waals surface area contributed by atoms with E-state index in [1.165, 1.54) is 23.5 Å². The van der Waals surface area contributed by atoms with E-state index in [1.54, 1.807) is 11.0 Å². The third kappa shape index (κ3) is 5.89. The van der Waals surface area contributed by atoms with Crippen molar-refractivity contribution in [2.75, 3.05) is 26.2 Å². The van der Waals surface area contributed by atoms with E-state index in [9.17, 15) is 22.8 Å². The van der Waals surface area contributed by atoms with Crippen molar-refractivity contribution in [3.63, 3.8) is 0 Å². The van der Waals surface area contributed by atoms with Gasteiger partial charge in [-0.3, -0.25) is 14.5 Å². The Morgan fingerprint density at radius 1 is 1.09 bits per heavy atom. The Labute approximate surface area is 198 Å². The fourth-order valence-corrected chi connectivity index (χ4v) is 4.54. The second kappa shape index (κ2) is 10.1. The fraction of sp³-hybridized carbons (Fsp3) is 0.391. The number of carbonyl (C=O) groups is 2. The van der Waals surface area contributed by atoms with Crippen LogP contribution in [0.3, 0.4) is 0 Å². The zero-order chi connectivity index (χ0) is 24.3. The summed E-state index contributed by atoms with van der Waals surface area (Å²) in [6.07, 6.45) is -4.07. The molecule has 3 heterocycles. The molecule has 180 valence electrons. The molecular weight excluding hydrogens is 469 g/mol. The number of nitrogens with zero attached hydrogens (tertiary/aromatic N) is 4. The van der Waals surface area contributed by atoms with Gasteiger partial charge in [0.15, 0.2) is 5.78 Å². The summed E-state index contributed by atoms with van der Waals surface area (Å²) in [5.41, 5.74) is -0.545. The summed E-state index contributed by atoms with van der Waals surface area (Å²) in [5.74, 6) is 0.327. The number of rotatable bonds is 7. The summed E-state index contributed by atoms with van der Waals surface area (Å²) in [7, 11) is 0. The lowest BCUT2D eigenvalue weighted by atomic mass is 10.1. The topological polar surface area (TPSA) is 79.5 Å². The highest BCUT2D eigenvalue weighted by Crippen LogP contribution is 2.31. The molecule has 1 aliphatic rings. The van der Waals surface area contributed by atoms with Gasteiger partial charge in [0, 0.05) is 49.5 Å². The maximum atomic E-state index is 12.9. The zero-order valence-electron chi connectivity index (χ0n) is 18.5. The van der Waals surface area contributed by atoms with Crippen LogP contribution in [0, 0.1) is 6.92 Å². The number of benzene rings is 1. The Hall–Kier alpha value is -3.05. The highest BCUT2D eigenvalue weighted by Gasteiger charge is 2.31. The van der Waals surface area contributed by atoms with E-state index in [0.717, 1.165) is 17.0 Å². The molecule has 1 amide bonds. The Morgan fingerprint density at radius 3 is 2.53 bits per heavy atom. The largest absolute Gasteiger partial charge is 0.416 e. The van der Waals surface area contributed by atoms with E-state index in [2.05, 4.69) is 10.1 Å². The third-order valence-electron chi connectivity index (χ3n) is 5.58. The number of aryl methyl sites for hydroxylation is 1. The molecule has 0 N–H and O–H groups in total. The van der Waals surface area contributed by atoms with Crippen LogP contribution in [0.5, 0.6) is 0 Å². The molecule has 7 nitrogen and oxygen atoms in total. The molecule has 1 saturated heterocycles. The molecule has 11 heteroatoms. The van der Waals surface area contributed by atoms with E-state index in [-0.39, 0.29) is 35.9 Å². The normalized spacial score (nSPS) is 15.0. The molecule has 1 fully saturated rings. The fourth-order valence-electron chi connectivity index (χ4n) is 3.70. The average molecular weight is 493 g/mol. The molecule has 1 aliphatic heterocycles. The SMILES string of the molecule is Cc1ccc(C(=O)CCC(=O)N2CCN(Cc3nc(-c4cccc(C(F)(F)F)c4)no3)CC2)s1. The minimum Gasteiger partial charge on any atom is -0.340 e. The standard InChI is InChI=1S/C23H23F3N4O3S/c1-15-5-7-19(34-15)18(31)6-8-21(32)30-11-9-29(10-12-30)14-20-27-22(28-33-20)16-3-2-4-17(13-16)23(24,25)26/h2-5,7,13H,6,8-12,14H2,1H3. The van der Waals surface area contributed by atoms with Crippen LogP contribution in [0.25, 0.3) is 11.4 Å². The van der Waals surface area contributed by atoms with Crippen LogP contribution in [-0.4, -0.2) is 57.8 Å². The van der Waals surface area contributed by atoms with Gasteiger partial charge in [0.2, 0.25) is 17.6 Å². The predicted octanol–water partition coefficient (Wildman–Crippen LogP) is 4.43. The van der Waals surface area contributed by atoms with Crippen molar-refractivity contribution >= 4 is 23.0 Å². The van der Waals surface area contributed by atoms with Crippen LogP contribution >= 0.6 is 11.3 Å². The highest BCUT2D eigenvalue weighted by atomic mass is 32.1. The van der Waals surface area contributed by atoms with Crippen molar-refractivity contribution in [3.05, 3.63) is 57.6 Å². The lowest BCUT2D eigenvalue weighted by Gasteiger charge is -2.34. The first-order valence-electron chi connectivity index (χ1n) is 10.8. The molecule has 0 atom stereocenters. The van der Waals surface area contributed by atoms with Gasteiger partial charge >= 0.3 is 6.18 Å². The van der Waals surface area contributed by atoms with E-state index >= 15 is 0 Å². The van der Waals surface area contributed by atoms with Gasteiger partial charge in [0.25, 0.3) is 0 Å². The van der Waals surface area contributed by atoms with Gasteiger partial charge in [-0.25, -0.2) is 0 Å². The molecule has 2 aromatic heterocycles. The van der Waals surface area contributed by atoms with E-state index in [4.69, 9.17) is 4.52 Å². The Kier molecular flexibility index (Phi) is 7.13. The van der Waals surface area contributed by atoms with Gasteiger partial charge in [-0.05, 0) is 31.2 Å². The molecule has 0 spiro atoms. The molecule has 0 bridgehead atoms. The average Bonchev–Trinajstić information content (AvgIpc) is 3.46. The third-order valence-corrected chi connectivity index (χ3v) is 6.62. The summed E-state index contributed by atoms with van der Waals surface area (Å²) in [6, 6.07) is 8.47. The van der Waals surface area contributed by atoms with Crippen molar-refractivity contribution in [2.24, 2.45) is 0 Å². The summed E-state index contributed by atoms with van der Waals surface area (Å²) >= 11 is 1.44. The number of piperazine rings is 1. The number of Topliss-reactive ketones (excluding diaryl/α,β-unsaturated/α-hetero) is 1. The van der Waals surface area contributed by atoms with Crippen LogP contribution in [0.4, 0.5) is 13.2 Å². The number of halogens is 3. The Bertz CT molecular complexity index is 1170. The first-order chi connectivity index (χ1) is 16.2. The smallest absolute Gasteiger partial charge is 0.340 e. The molecule has 0 saturated carbocycles. The van der Waals surface area contributed by atoms with Crippen LogP contribution < -0.4 is 0 Å². The number of alkyl halides is 3. The summed E-state index contributed by atoms with van der Waals surface area (Å²) in [6.45, 7) is 4.48. The van der Waals surface area contributed by atoms with Gasteiger partial charge in [-0.15, -0.1) is 11.3 Å². The number of carbonyl (C=O) groups excluding carboxylic acids is 2. The molecule has 4 rings (SSSR count). The van der Waals surface area contributed by atoms with Gasteiger partial charge in [0.1, 0.15) is 0 Å². The number of hydrogen-bond donors (Lipinski definition) is 0. The minimum atomic E-state index is -4.45. The number of thiophene rings is 1. The van der Waals surface area contributed by atoms with Crippen LogP contribution in [0.15, 0.2) is 40.9 Å². The maximum absolute atomic E-state index is 12.9. The number of ketones is 1. The van der Waals surface area contributed by atoms with Gasteiger partial charge in [-0.2, -0.15) is 18.2 Å². The van der Waals surface area contributed by atoms with Gasteiger partial charge in [-0.1, -0.05) is 17.3 Å². The molecule has 0 radical (unpaired) electrons. The minimum absolute atomic E-state index is 0.0157. The second-order valence-corrected chi connectivity index (χ2v) is 9.37. The summed E-state index contributed by atoms with van der Waals surface area (Å²) < 4.78 is 44.0. The quantitative estimate of drug-likeness (QED) is 0.454. The maximum Gasteiger partial charge on any atom is 0.416 e. The second-order valence-electron chi connectivity index (χ2n) is 8.08. The van der Waals surface area contributed by atoms with E-state index in [1.807, 2.05) is 17.9 Å². The van der Waals surface area contributed by atoms with Gasteiger partial charge in [0.05, 0.1) is 17.0 Å². The molecular formula is C23H23F3N4O3S. The number of aromatic nitrogens is 2. The summed E-state index contributed by atoms with van der Waals surface area (Å²) in [4.78, 5) is 34.5. The van der Waals surface area contributed by atoms with Crippen molar-refractivity contribution in [1.82, 2.24) is 19.9 Å². The van der Waals surface area contributed by atoms with E-state index < -0.39 is 11.7 Å². The lowest BCUT2D eigenvalue weighted by molar-refractivity contribution is -0.137. The molecule has 0 aliphatic carbocycles. The lowest BCUT2D eigenvalue weighted by Crippen LogP contribution is -2.48. The first kappa shape index (κ1) is 24.1. The van der Waals surface area contributed by atoms with Gasteiger partial charge < -0.3 is 9.42 Å². The monoisotopic (exact) mass is 492 g/mol. The molecule has 34 heavy (non-hydrogen) atoms. The molecule has 3 aromatic rings. The molecule has 1 aromatic carbocycles. The van der Waals surface area contributed by atoms with Crippen LogP contribution in [-0.2, 0) is 17.5 Å². The molecule has 0 unspecified atom stereocenters. The van der Waals surface area contributed by atoms with E-state index in [0.29, 0.717) is 43.5 Å². The number of amides is 1. The zero-order valence-corrected chi connectivity index (χ0v) is 19.3. The van der Waals surface area contributed by atoms with Crippen molar-refractivity contribution in [3.8, 4) is 11.4 Å². The Balaban J connectivity index is 1.26. The Morgan fingerprint density at radius 2 is 1.85 bits per heavy atom. The first-order valence-corrected chi connectivity index (χ1v) is 11.6. The summed E-state index contributed by atoms with van der Waals surface area (Å²) in [5, 5.41) is 3.81. The number of hydrogen-bond acceptors (Lipinski definition) is 7. The highest BCUT2D eigenvalue weighted by molar-refractivity contribution is 7.14. The van der Waals surface area contributed by atoms with Crippen LogP contribution in [0.1, 0.15) is 38.8 Å².